The topological polar surface area (TPSA) is 66.1 Å². The summed E-state index contributed by atoms with van der Waals surface area (Å²) in [7, 11) is -3.55. The number of hydrogen-bond acceptors (Lipinski definition) is 3. The van der Waals surface area contributed by atoms with Gasteiger partial charge in [-0.3, -0.25) is 5.10 Å². The molecule has 1 saturated heterocycles. The summed E-state index contributed by atoms with van der Waals surface area (Å²) >= 11 is 0. The smallest absolute Gasteiger partial charge is 0.243 e. The van der Waals surface area contributed by atoms with Gasteiger partial charge in [0.25, 0.3) is 0 Å². The first-order valence-electron chi connectivity index (χ1n) is 6.32. The van der Waals surface area contributed by atoms with Crippen molar-refractivity contribution < 1.29 is 12.8 Å². The first-order chi connectivity index (χ1) is 9.57. The fourth-order valence-corrected chi connectivity index (χ4v) is 3.95. The van der Waals surface area contributed by atoms with Gasteiger partial charge < -0.3 is 0 Å². The van der Waals surface area contributed by atoms with Crippen LogP contribution in [-0.4, -0.2) is 36.0 Å². The molecule has 1 fully saturated rings. The SMILES string of the molecule is O=S(=O)(c1ccc(F)cc1)N1CC[C@@H](c2ccn[nH]2)C1. The van der Waals surface area contributed by atoms with Crippen molar-refractivity contribution in [3.63, 3.8) is 0 Å². The Morgan fingerprint density at radius 1 is 1.25 bits per heavy atom. The molecule has 1 aromatic carbocycles. The lowest BCUT2D eigenvalue weighted by molar-refractivity contribution is 0.472. The molecule has 0 saturated carbocycles. The average Bonchev–Trinajstić information content (AvgIpc) is 3.10. The zero-order chi connectivity index (χ0) is 14.2. The van der Waals surface area contributed by atoms with Gasteiger partial charge in [-0.2, -0.15) is 9.40 Å². The van der Waals surface area contributed by atoms with Gasteiger partial charge in [0.15, 0.2) is 0 Å². The molecule has 1 aliphatic rings. The normalized spacial score (nSPS) is 20.4. The second kappa shape index (κ2) is 4.99. The van der Waals surface area contributed by atoms with Crippen LogP contribution >= 0.6 is 0 Å². The summed E-state index contributed by atoms with van der Waals surface area (Å²) in [5.74, 6) is -0.312. The predicted molar refractivity (Wildman–Crippen MR) is 71.1 cm³/mol. The van der Waals surface area contributed by atoms with Crippen molar-refractivity contribution in [3.05, 3.63) is 48.0 Å². The summed E-state index contributed by atoms with van der Waals surface area (Å²) in [4.78, 5) is 0.129. The van der Waals surface area contributed by atoms with Crippen LogP contribution in [0.4, 0.5) is 4.39 Å². The Kier molecular flexibility index (Phi) is 3.31. The molecule has 0 spiro atoms. The highest BCUT2D eigenvalue weighted by Gasteiger charge is 2.33. The lowest BCUT2D eigenvalue weighted by atomic mass is 10.1. The zero-order valence-corrected chi connectivity index (χ0v) is 11.5. The number of rotatable bonds is 3. The molecule has 3 rings (SSSR count). The Morgan fingerprint density at radius 2 is 2.00 bits per heavy atom. The third kappa shape index (κ3) is 2.34. The van der Waals surface area contributed by atoms with Crippen LogP contribution in [0.1, 0.15) is 18.0 Å². The predicted octanol–water partition coefficient (Wildman–Crippen LogP) is 1.73. The molecule has 1 N–H and O–H groups in total. The van der Waals surface area contributed by atoms with Crippen LogP contribution < -0.4 is 0 Å². The molecule has 20 heavy (non-hydrogen) atoms. The van der Waals surface area contributed by atoms with E-state index >= 15 is 0 Å². The Labute approximate surface area is 116 Å². The quantitative estimate of drug-likeness (QED) is 0.937. The highest BCUT2D eigenvalue weighted by Crippen LogP contribution is 2.29. The molecule has 0 amide bonds. The average molecular weight is 295 g/mol. The van der Waals surface area contributed by atoms with Crippen molar-refractivity contribution in [3.8, 4) is 0 Å². The molecule has 1 atom stereocenters. The summed E-state index contributed by atoms with van der Waals surface area (Å²) < 4.78 is 39.2. The molecule has 7 heteroatoms. The summed E-state index contributed by atoms with van der Waals surface area (Å²) in [5.41, 5.74) is 0.946. The van der Waals surface area contributed by atoms with Crippen LogP contribution in [0.5, 0.6) is 0 Å². The fourth-order valence-electron chi connectivity index (χ4n) is 2.45. The van der Waals surface area contributed by atoms with E-state index in [9.17, 15) is 12.8 Å². The minimum atomic E-state index is -3.55. The van der Waals surface area contributed by atoms with Gasteiger partial charge in [0.1, 0.15) is 5.82 Å². The van der Waals surface area contributed by atoms with Crippen molar-refractivity contribution in [1.29, 1.82) is 0 Å². The molecule has 5 nitrogen and oxygen atoms in total. The molecule has 0 aliphatic carbocycles. The number of aromatic amines is 1. The van der Waals surface area contributed by atoms with E-state index in [1.807, 2.05) is 6.07 Å². The maximum Gasteiger partial charge on any atom is 0.243 e. The molecule has 1 aliphatic heterocycles. The second-order valence-corrected chi connectivity index (χ2v) is 6.75. The molecule has 1 aromatic heterocycles. The number of H-pyrrole nitrogens is 1. The molecule has 2 aromatic rings. The van der Waals surface area contributed by atoms with Crippen molar-refractivity contribution >= 4 is 10.0 Å². The first kappa shape index (κ1) is 13.3. The number of nitrogens with zero attached hydrogens (tertiary/aromatic N) is 2. The molecule has 0 unspecified atom stereocenters. The lowest BCUT2D eigenvalue weighted by Crippen LogP contribution is -2.28. The minimum absolute atomic E-state index is 0.129. The molecule has 106 valence electrons. The first-order valence-corrected chi connectivity index (χ1v) is 7.76. The summed E-state index contributed by atoms with van der Waals surface area (Å²) in [6.07, 6.45) is 2.41. The number of halogens is 1. The summed E-state index contributed by atoms with van der Waals surface area (Å²) in [6, 6.07) is 6.78. The van der Waals surface area contributed by atoms with Crippen LogP contribution in [0, 0.1) is 5.82 Å². The number of aromatic nitrogens is 2. The number of sulfonamides is 1. The third-order valence-corrected chi connectivity index (χ3v) is 5.44. The van der Waals surface area contributed by atoms with Crippen molar-refractivity contribution in [2.24, 2.45) is 0 Å². The Morgan fingerprint density at radius 3 is 2.65 bits per heavy atom. The largest absolute Gasteiger partial charge is 0.282 e. The fraction of sp³-hybridized carbons (Fsp3) is 0.308. The van der Waals surface area contributed by atoms with Gasteiger partial charge in [-0.1, -0.05) is 0 Å². The number of hydrogen-bond donors (Lipinski definition) is 1. The summed E-state index contributed by atoms with van der Waals surface area (Å²) in [6.45, 7) is 0.880. The van der Waals surface area contributed by atoms with Crippen LogP contribution in [0.2, 0.25) is 0 Å². The van der Waals surface area contributed by atoms with E-state index in [4.69, 9.17) is 0 Å². The van der Waals surface area contributed by atoms with Crippen molar-refractivity contribution in [2.45, 2.75) is 17.2 Å². The van der Waals surface area contributed by atoms with Gasteiger partial charge in [-0.05, 0) is 36.8 Å². The molecule has 0 radical (unpaired) electrons. The van der Waals surface area contributed by atoms with Crippen molar-refractivity contribution in [1.82, 2.24) is 14.5 Å². The van der Waals surface area contributed by atoms with E-state index in [1.54, 1.807) is 6.20 Å². The zero-order valence-electron chi connectivity index (χ0n) is 10.7. The lowest BCUT2D eigenvalue weighted by Gasteiger charge is -2.16. The molecule has 0 bridgehead atoms. The Balaban J connectivity index is 1.81. The maximum absolute atomic E-state index is 12.9. The molecule has 2 heterocycles. The van der Waals surface area contributed by atoms with Crippen LogP contribution in [0.3, 0.4) is 0 Å². The van der Waals surface area contributed by atoms with E-state index in [2.05, 4.69) is 10.2 Å². The highest BCUT2D eigenvalue weighted by atomic mass is 32.2. The van der Waals surface area contributed by atoms with E-state index < -0.39 is 15.8 Å². The second-order valence-electron chi connectivity index (χ2n) is 4.81. The highest BCUT2D eigenvalue weighted by molar-refractivity contribution is 7.89. The Hall–Kier alpha value is -1.73. The van der Waals surface area contributed by atoms with Gasteiger partial charge in [-0.25, -0.2) is 12.8 Å². The van der Waals surface area contributed by atoms with E-state index in [-0.39, 0.29) is 10.8 Å². The van der Waals surface area contributed by atoms with E-state index in [0.717, 1.165) is 24.2 Å². The number of nitrogens with one attached hydrogen (secondary N) is 1. The van der Waals surface area contributed by atoms with Gasteiger partial charge >= 0.3 is 0 Å². The van der Waals surface area contributed by atoms with Gasteiger partial charge in [0.2, 0.25) is 10.0 Å². The van der Waals surface area contributed by atoms with Crippen LogP contribution in [0.25, 0.3) is 0 Å². The monoisotopic (exact) mass is 295 g/mol. The van der Waals surface area contributed by atoms with Gasteiger partial charge in [0.05, 0.1) is 4.90 Å². The van der Waals surface area contributed by atoms with Gasteiger partial charge in [0, 0.05) is 30.9 Å². The standard InChI is InChI=1S/C13H14FN3O2S/c14-11-1-3-12(4-2-11)20(18,19)17-8-6-10(9-17)13-5-7-15-16-13/h1-5,7,10H,6,8-9H2,(H,15,16)/t10-/m1/s1. The van der Waals surface area contributed by atoms with Crippen LogP contribution in [0.15, 0.2) is 41.4 Å². The molecular formula is C13H14FN3O2S. The maximum atomic E-state index is 12.9. The van der Waals surface area contributed by atoms with Crippen LogP contribution in [-0.2, 0) is 10.0 Å². The number of benzene rings is 1. The summed E-state index contributed by atoms with van der Waals surface area (Å²) in [5, 5.41) is 6.76. The van der Waals surface area contributed by atoms with Crippen molar-refractivity contribution in [2.75, 3.05) is 13.1 Å². The van der Waals surface area contributed by atoms with Gasteiger partial charge in [-0.15, -0.1) is 0 Å². The van der Waals surface area contributed by atoms with E-state index in [1.165, 1.54) is 16.4 Å². The third-order valence-electron chi connectivity index (χ3n) is 3.56. The van der Waals surface area contributed by atoms with E-state index in [0.29, 0.717) is 13.1 Å². The minimum Gasteiger partial charge on any atom is -0.282 e. The molecular weight excluding hydrogens is 281 g/mol. The Bertz CT molecular complexity index is 683.